The Morgan fingerprint density at radius 3 is 2.31 bits per heavy atom. The summed E-state index contributed by atoms with van der Waals surface area (Å²) in [5, 5.41) is 0. The Kier molecular flexibility index (Phi) is 2.76. The van der Waals surface area contributed by atoms with Gasteiger partial charge in [-0.15, -0.1) is 0 Å². The van der Waals surface area contributed by atoms with Gasteiger partial charge in [-0.25, -0.2) is 0 Å². The molecule has 0 aliphatic heterocycles. The average Bonchev–Trinajstić information content (AvgIpc) is 2.04. The van der Waals surface area contributed by atoms with E-state index in [0.29, 0.717) is 0 Å². The number of alkyl halides is 3. The minimum Gasteiger partial charge on any atom is -0.166 e. The number of rotatable bonds is 1. The molecule has 0 amide bonds. The van der Waals surface area contributed by atoms with E-state index in [1.165, 1.54) is 18.2 Å². The van der Waals surface area contributed by atoms with E-state index in [4.69, 9.17) is 0 Å². The number of hydrogen-bond acceptors (Lipinski definition) is 0. The van der Waals surface area contributed by atoms with Crippen LogP contribution in [0.25, 0.3) is 6.08 Å². The van der Waals surface area contributed by atoms with Crippen LogP contribution in [0.15, 0.2) is 30.3 Å². The first-order valence-corrected chi connectivity index (χ1v) is 3.84. The summed E-state index contributed by atoms with van der Waals surface area (Å²) in [6, 6.07) is 5.50. The third kappa shape index (κ3) is 2.34. The van der Waals surface area contributed by atoms with Gasteiger partial charge in [-0.1, -0.05) is 30.4 Å². The Morgan fingerprint density at radius 2 is 1.77 bits per heavy atom. The summed E-state index contributed by atoms with van der Waals surface area (Å²) in [5.41, 5.74) is -0.384. The third-order valence-electron chi connectivity index (χ3n) is 1.61. The Morgan fingerprint density at radius 1 is 1.15 bits per heavy atom. The van der Waals surface area contributed by atoms with Crippen molar-refractivity contribution in [1.82, 2.24) is 0 Å². The zero-order valence-electron chi connectivity index (χ0n) is 7.10. The van der Waals surface area contributed by atoms with Gasteiger partial charge < -0.3 is 0 Å². The van der Waals surface area contributed by atoms with E-state index in [9.17, 15) is 13.2 Å². The Balaban J connectivity index is 3.20. The average molecular weight is 186 g/mol. The summed E-state index contributed by atoms with van der Waals surface area (Å²) in [6.45, 7) is 1.69. The molecule has 0 saturated heterocycles. The highest BCUT2D eigenvalue weighted by atomic mass is 19.4. The van der Waals surface area contributed by atoms with Gasteiger partial charge in [0, 0.05) is 0 Å². The maximum absolute atomic E-state index is 12.3. The molecule has 0 saturated carbocycles. The van der Waals surface area contributed by atoms with Crippen molar-refractivity contribution >= 4 is 6.08 Å². The molecule has 0 aliphatic rings. The van der Waals surface area contributed by atoms with Gasteiger partial charge in [0.05, 0.1) is 5.56 Å². The zero-order chi connectivity index (χ0) is 9.90. The van der Waals surface area contributed by atoms with Crippen LogP contribution >= 0.6 is 0 Å². The van der Waals surface area contributed by atoms with Crippen molar-refractivity contribution in [2.45, 2.75) is 13.1 Å². The van der Waals surface area contributed by atoms with E-state index in [1.807, 2.05) is 0 Å². The predicted octanol–water partition coefficient (Wildman–Crippen LogP) is 3.74. The molecule has 0 unspecified atom stereocenters. The van der Waals surface area contributed by atoms with Crippen LogP contribution in [-0.2, 0) is 6.18 Å². The summed E-state index contributed by atoms with van der Waals surface area (Å²) in [4.78, 5) is 0. The highest BCUT2D eigenvalue weighted by Gasteiger charge is 2.32. The summed E-state index contributed by atoms with van der Waals surface area (Å²) < 4.78 is 37.0. The van der Waals surface area contributed by atoms with Crippen molar-refractivity contribution in [3.63, 3.8) is 0 Å². The highest BCUT2D eigenvalue weighted by molar-refractivity contribution is 5.54. The molecule has 13 heavy (non-hydrogen) atoms. The molecule has 1 rings (SSSR count). The summed E-state index contributed by atoms with van der Waals surface area (Å²) >= 11 is 0. The molecule has 1 aromatic rings. The van der Waals surface area contributed by atoms with Crippen molar-refractivity contribution in [2.75, 3.05) is 0 Å². The first-order valence-electron chi connectivity index (χ1n) is 3.84. The molecule has 0 spiro atoms. The fourth-order valence-electron chi connectivity index (χ4n) is 1.08. The monoisotopic (exact) mass is 186 g/mol. The van der Waals surface area contributed by atoms with Crippen molar-refractivity contribution < 1.29 is 13.2 Å². The summed E-state index contributed by atoms with van der Waals surface area (Å²) in [7, 11) is 0. The fraction of sp³-hybridized carbons (Fsp3) is 0.200. The van der Waals surface area contributed by atoms with Crippen molar-refractivity contribution in [1.29, 1.82) is 0 Å². The number of hydrogen-bond donors (Lipinski definition) is 0. The van der Waals surface area contributed by atoms with Crippen LogP contribution in [-0.4, -0.2) is 0 Å². The van der Waals surface area contributed by atoms with Gasteiger partial charge in [-0.05, 0) is 18.6 Å². The predicted molar refractivity (Wildman–Crippen MR) is 46.2 cm³/mol. The van der Waals surface area contributed by atoms with Crippen LogP contribution < -0.4 is 0 Å². The van der Waals surface area contributed by atoms with Crippen LogP contribution in [0.2, 0.25) is 0 Å². The molecule has 0 N–H and O–H groups in total. The molecule has 0 heterocycles. The highest BCUT2D eigenvalue weighted by Crippen LogP contribution is 2.32. The van der Waals surface area contributed by atoms with Gasteiger partial charge in [-0.3, -0.25) is 0 Å². The lowest BCUT2D eigenvalue weighted by molar-refractivity contribution is -0.137. The lowest BCUT2D eigenvalue weighted by atomic mass is 10.1. The van der Waals surface area contributed by atoms with Gasteiger partial charge in [0.25, 0.3) is 0 Å². The molecule has 0 bridgehead atoms. The van der Waals surface area contributed by atoms with Crippen molar-refractivity contribution in [2.24, 2.45) is 0 Å². The molecule has 0 aromatic heterocycles. The molecule has 1 aromatic carbocycles. The molecule has 0 fully saturated rings. The first kappa shape index (κ1) is 9.84. The molecule has 0 atom stereocenters. The van der Waals surface area contributed by atoms with Crippen LogP contribution in [0.3, 0.4) is 0 Å². The van der Waals surface area contributed by atoms with Crippen LogP contribution in [0, 0.1) is 0 Å². The maximum Gasteiger partial charge on any atom is 0.416 e. The SMILES string of the molecule is C/C=C/c1ccccc1C(F)(F)F. The molecule has 0 nitrogen and oxygen atoms in total. The second kappa shape index (κ2) is 3.64. The van der Waals surface area contributed by atoms with Crippen molar-refractivity contribution in [3.05, 3.63) is 41.5 Å². The molecular formula is C10H9F3. The minimum atomic E-state index is -4.27. The van der Waals surface area contributed by atoms with E-state index in [-0.39, 0.29) is 5.56 Å². The van der Waals surface area contributed by atoms with Gasteiger partial charge in [-0.2, -0.15) is 13.2 Å². The van der Waals surface area contributed by atoms with Gasteiger partial charge in [0.2, 0.25) is 0 Å². The van der Waals surface area contributed by atoms with Crippen LogP contribution in [0.4, 0.5) is 13.2 Å². The second-order valence-electron chi connectivity index (χ2n) is 2.59. The van der Waals surface area contributed by atoms with E-state index in [2.05, 4.69) is 0 Å². The van der Waals surface area contributed by atoms with Gasteiger partial charge >= 0.3 is 6.18 Å². The van der Waals surface area contributed by atoms with Crippen LogP contribution in [0.1, 0.15) is 18.1 Å². The van der Waals surface area contributed by atoms with Crippen LogP contribution in [0.5, 0.6) is 0 Å². The normalized spacial score (nSPS) is 12.3. The molecule has 3 heteroatoms. The Bertz CT molecular complexity index is 310. The second-order valence-corrected chi connectivity index (χ2v) is 2.59. The fourth-order valence-corrected chi connectivity index (χ4v) is 1.08. The summed E-state index contributed by atoms with van der Waals surface area (Å²) in [5.74, 6) is 0. The summed E-state index contributed by atoms with van der Waals surface area (Å²) in [6.07, 6.45) is -1.23. The minimum absolute atomic E-state index is 0.206. The standard InChI is InChI=1S/C10H9F3/c1-2-5-8-6-3-4-7-9(8)10(11,12)13/h2-7H,1H3/b5-2+. The molecule has 0 aliphatic carbocycles. The Hall–Kier alpha value is -1.25. The van der Waals surface area contributed by atoms with E-state index < -0.39 is 11.7 Å². The third-order valence-corrected chi connectivity index (χ3v) is 1.61. The quantitative estimate of drug-likeness (QED) is 0.626. The Labute approximate surface area is 74.7 Å². The number of allylic oxidation sites excluding steroid dienone is 1. The maximum atomic E-state index is 12.3. The first-order chi connectivity index (χ1) is 6.05. The molecular weight excluding hydrogens is 177 g/mol. The lowest BCUT2D eigenvalue weighted by Crippen LogP contribution is -2.06. The van der Waals surface area contributed by atoms with E-state index in [1.54, 1.807) is 19.1 Å². The van der Waals surface area contributed by atoms with E-state index >= 15 is 0 Å². The number of benzene rings is 1. The van der Waals surface area contributed by atoms with E-state index in [0.717, 1.165) is 6.07 Å². The largest absolute Gasteiger partial charge is 0.416 e. The van der Waals surface area contributed by atoms with Crippen molar-refractivity contribution in [3.8, 4) is 0 Å². The molecule has 0 radical (unpaired) electrons. The lowest BCUT2D eigenvalue weighted by Gasteiger charge is -2.09. The zero-order valence-corrected chi connectivity index (χ0v) is 7.10. The van der Waals surface area contributed by atoms with Gasteiger partial charge in [0.1, 0.15) is 0 Å². The smallest absolute Gasteiger partial charge is 0.166 e. The topological polar surface area (TPSA) is 0 Å². The van der Waals surface area contributed by atoms with Gasteiger partial charge in [0.15, 0.2) is 0 Å². The molecule has 70 valence electrons. The number of halogens is 3.